The number of carbonyl (C=O) groups excluding carboxylic acids is 1. The molecule has 140 valence electrons. The van der Waals surface area contributed by atoms with E-state index in [1.165, 1.54) is 29.0 Å². The minimum absolute atomic E-state index is 0.0755. The van der Waals surface area contributed by atoms with Crippen LogP contribution in [0, 0.1) is 12.7 Å². The van der Waals surface area contributed by atoms with Gasteiger partial charge in [-0.05, 0) is 43.2 Å². The van der Waals surface area contributed by atoms with Crippen molar-refractivity contribution in [2.24, 2.45) is 0 Å². The summed E-state index contributed by atoms with van der Waals surface area (Å²) in [6.45, 7) is 2.93. The maximum atomic E-state index is 12.9. The molecule has 0 spiro atoms. The lowest BCUT2D eigenvalue weighted by atomic mass is 10.1. The fourth-order valence-corrected chi connectivity index (χ4v) is 3.21. The molecule has 0 fully saturated rings. The standard InChI is InChI=1S/C21H21FN2O2S/c1-15-2-8-19(9-3-15)26-13-21-24-18(14-27-21)12-20(25)23-11-10-16-4-6-17(22)7-5-16/h2-9,14H,10-13H2,1H3,(H,23,25). The predicted octanol–water partition coefficient (Wildman–Crippen LogP) is 4.07. The molecule has 1 heterocycles. The predicted molar refractivity (Wildman–Crippen MR) is 104 cm³/mol. The van der Waals surface area contributed by atoms with Gasteiger partial charge in [-0.3, -0.25) is 4.79 Å². The highest BCUT2D eigenvalue weighted by Crippen LogP contribution is 2.16. The van der Waals surface area contributed by atoms with E-state index in [4.69, 9.17) is 4.74 Å². The van der Waals surface area contributed by atoms with E-state index in [9.17, 15) is 9.18 Å². The van der Waals surface area contributed by atoms with Crippen molar-refractivity contribution in [3.05, 3.63) is 81.6 Å². The van der Waals surface area contributed by atoms with E-state index in [1.54, 1.807) is 12.1 Å². The number of halogens is 1. The highest BCUT2D eigenvalue weighted by molar-refractivity contribution is 7.09. The Morgan fingerprint density at radius 3 is 2.63 bits per heavy atom. The lowest BCUT2D eigenvalue weighted by Crippen LogP contribution is -2.27. The second-order valence-corrected chi connectivity index (χ2v) is 7.18. The van der Waals surface area contributed by atoms with Crippen LogP contribution in [0.4, 0.5) is 4.39 Å². The molecule has 0 bridgehead atoms. The van der Waals surface area contributed by atoms with Crippen molar-refractivity contribution in [2.45, 2.75) is 26.4 Å². The van der Waals surface area contributed by atoms with Crippen LogP contribution in [0.25, 0.3) is 0 Å². The number of hydrogen-bond acceptors (Lipinski definition) is 4. The monoisotopic (exact) mass is 384 g/mol. The van der Waals surface area contributed by atoms with E-state index in [0.29, 0.717) is 19.6 Å². The molecule has 27 heavy (non-hydrogen) atoms. The number of ether oxygens (including phenoxy) is 1. The minimum Gasteiger partial charge on any atom is -0.486 e. The molecular formula is C21H21FN2O2S. The van der Waals surface area contributed by atoms with Crippen molar-refractivity contribution in [1.29, 1.82) is 0 Å². The van der Waals surface area contributed by atoms with Crippen LogP contribution in [-0.4, -0.2) is 17.4 Å². The zero-order chi connectivity index (χ0) is 19.1. The third-order valence-corrected chi connectivity index (χ3v) is 4.84. The number of nitrogens with one attached hydrogen (secondary N) is 1. The molecule has 3 rings (SSSR count). The summed E-state index contributed by atoms with van der Waals surface area (Å²) in [7, 11) is 0. The number of carbonyl (C=O) groups is 1. The number of rotatable bonds is 8. The third kappa shape index (κ3) is 6.18. The molecule has 0 saturated heterocycles. The van der Waals surface area contributed by atoms with Gasteiger partial charge in [0.1, 0.15) is 23.2 Å². The van der Waals surface area contributed by atoms with E-state index in [2.05, 4.69) is 10.3 Å². The summed E-state index contributed by atoms with van der Waals surface area (Å²) in [4.78, 5) is 16.5. The van der Waals surface area contributed by atoms with Crippen LogP contribution in [0.5, 0.6) is 5.75 Å². The molecule has 0 atom stereocenters. The summed E-state index contributed by atoms with van der Waals surface area (Å²) in [6.07, 6.45) is 0.906. The highest BCUT2D eigenvalue weighted by Gasteiger charge is 2.08. The van der Waals surface area contributed by atoms with Crippen molar-refractivity contribution in [2.75, 3.05) is 6.54 Å². The van der Waals surface area contributed by atoms with E-state index >= 15 is 0 Å². The van der Waals surface area contributed by atoms with Gasteiger partial charge in [0, 0.05) is 11.9 Å². The summed E-state index contributed by atoms with van der Waals surface area (Å²) < 4.78 is 18.6. The minimum atomic E-state index is -0.256. The van der Waals surface area contributed by atoms with E-state index in [-0.39, 0.29) is 18.1 Å². The first-order chi connectivity index (χ1) is 13.1. The molecule has 0 aliphatic carbocycles. The largest absolute Gasteiger partial charge is 0.486 e. The van der Waals surface area contributed by atoms with E-state index in [0.717, 1.165) is 22.0 Å². The Morgan fingerprint density at radius 2 is 1.89 bits per heavy atom. The quantitative estimate of drug-likeness (QED) is 0.637. The van der Waals surface area contributed by atoms with Gasteiger partial charge in [0.15, 0.2) is 0 Å². The fraction of sp³-hybridized carbons (Fsp3) is 0.238. The van der Waals surface area contributed by atoms with Gasteiger partial charge in [0.2, 0.25) is 5.91 Å². The molecule has 0 aliphatic rings. The maximum Gasteiger partial charge on any atom is 0.226 e. The van der Waals surface area contributed by atoms with Gasteiger partial charge in [0.25, 0.3) is 0 Å². The van der Waals surface area contributed by atoms with Gasteiger partial charge in [0.05, 0.1) is 12.1 Å². The molecule has 0 saturated carbocycles. The van der Waals surface area contributed by atoms with Crippen molar-refractivity contribution in [3.63, 3.8) is 0 Å². The summed E-state index contributed by atoms with van der Waals surface area (Å²) >= 11 is 1.48. The van der Waals surface area contributed by atoms with Gasteiger partial charge in [-0.25, -0.2) is 9.37 Å². The zero-order valence-electron chi connectivity index (χ0n) is 15.1. The Labute approximate surface area is 162 Å². The topological polar surface area (TPSA) is 51.2 Å². The van der Waals surface area contributed by atoms with Crippen LogP contribution >= 0.6 is 11.3 Å². The first kappa shape index (κ1) is 19.0. The maximum absolute atomic E-state index is 12.9. The summed E-state index contributed by atoms with van der Waals surface area (Å²) in [6, 6.07) is 14.2. The number of hydrogen-bond donors (Lipinski definition) is 1. The van der Waals surface area contributed by atoms with Crippen LogP contribution in [-0.2, 0) is 24.2 Å². The van der Waals surface area contributed by atoms with Crippen LogP contribution in [0.2, 0.25) is 0 Å². The second-order valence-electron chi connectivity index (χ2n) is 6.24. The Hall–Kier alpha value is -2.73. The molecule has 0 radical (unpaired) electrons. The molecule has 1 aromatic heterocycles. The fourth-order valence-electron chi connectivity index (χ4n) is 2.50. The molecule has 1 N–H and O–H groups in total. The molecule has 0 aliphatic heterocycles. The van der Waals surface area contributed by atoms with Crippen LogP contribution in [0.1, 0.15) is 21.8 Å². The summed E-state index contributed by atoms with van der Waals surface area (Å²) in [5.74, 6) is 0.470. The van der Waals surface area contributed by atoms with E-state index < -0.39 is 0 Å². The molecular weight excluding hydrogens is 363 g/mol. The average molecular weight is 384 g/mol. The smallest absolute Gasteiger partial charge is 0.226 e. The van der Waals surface area contributed by atoms with Crippen molar-refractivity contribution in [3.8, 4) is 5.75 Å². The molecule has 0 unspecified atom stereocenters. The molecule has 4 nitrogen and oxygen atoms in total. The summed E-state index contributed by atoms with van der Waals surface area (Å²) in [5, 5.41) is 5.59. The van der Waals surface area contributed by atoms with Gasteiger partial charge in [-0.1, -0.05) is 29.8 Å². The second kappa shape index (κ2) is 9.28. The first-order valence-corrected chi connectivity index (χ1v) is 9.60. The Morgan fingerprint density at radius 1 is 1.15 bits per heavy atom. The number of aromatic nitrogens is 1. The van der Waals surface area contributed by atoms with Crippen LogP contribution in [0.15, 0.2) is 53.9 Å². The Kier molecular flexibility index (Phi) is 6.54. The number of aryl methyl sites for hydroxylation is 1. The van der Waals surface area contributed by atoms with Gasteiger partial charge in [-0.15, -0.1) is 11.3 Å². The van der Waals surface area contributed by atoms with Crippen molar-refractivity contribution < 1.29 is 13.9 Å². The summed E-state index contributed by atoms with van der Waals surface area (Å²) in [5.41, 5.74) is 2.91. The van der Waals surface area contributed by atoms with Gasteiger partial charge in [-0.2, -0.15) is 0 Å². The van der Waals surface area contributed by atoms with Gasteiger partial charge >= 0.3 is 0 Å². The Bertz CT molecular complexity index is 876. The lowest BCUT2D eigenvalue weighted by Gasteiger charge is -2.05. The molecule has 3 aromatic rings. The van der Waals surface area contributed by atoms with E-state index in [1.807, 2.05) is 36.6 Å². The number of amides is 1. The number of benzene rings is 2. The zero-order valence-corrected chi connectivity index (χ0v) is 15.9. The highest BCUT2D eigenvalue weighted by atomic mass is 32.1. The average Bonchev–Trinajstić information content (AvgIpc) is 3.10. The van der Waals surface area contributed by atoms with Crippen molar-refractivity contribution >= 4 is 17.2 Å². The molecule has 1 amide bonds. The normalized spacial score (nSPS) is 10.6. The number of thiazole rings is 1. The molecule has 2 aromatic carbocycles. The third-order valence-electron chi connectivity index (χ3n) is 3.97. The number of nitrogens with zero attached hydrogens (tertiary/aromatic N) is 1. The van der Waals surface area contributed by atoms with Crippen LogP contribution in [0.3, 0.4) is 0 Å². The van der Waals surface area contributed by atoms with Crippen molar-refractivity contribution in [1.82, 2.24) is 10.3 Å². The van der Waals surface area contributed by atoms with Gasteiger partial charge < -0.3 is 10.1 Å². The Balaban J connectivity index is 1.40. The molecule has 6 heteroatoms. The first-order valence-electron chi connectivity index (χ1n) is 8.72. The van der Waals surface area contributed by atoms with Crippen LogP contribution < -0.4 is 10.1 Å². The lowest BCUT2D eigenvalue weighted by molar-refractivity contribution is -0.120. The SMILES string of the molecule is Cc1ccc(OCc2nc(CC(=O)NCCc3ccc(F)cc3)cs2)cc1.